The minimum Gasteiger partial charge on any atom is -0.504 e. The molecular formula is C27H32O16. The van der Waals surface area contributed by atoms with E-state index in [4.69, 9.17) is 28.4 Å². The lowest BCUT2D eigenvalue weighted by Crippen LogP contribution is -2.61. The van der Waals surface area contributed by atoms with E-state index < -0.39 is 91.7 Å². The lowest BCUT2D eigenvalue weighted by atomic mass is 9.99. The van der Waals surface area contributed by atoms with E-state index in [0.29, 0.717) is 5.75 Å². The first kappa shape index (κ1) is 32.2. The molecule has 0 bridgehead atoms. The zero-order chi connectivity index (χ0) is 31.6. The van der Waals surface area contributed by atoms with Gasteiger partial charge in [-0.2, -0.15) is 0 Å². The number of ketones is 1. The molecule has 8 N–H and O–H groups in total. The van der Waals surface area contributed by atoms with Crippen LogP contribution in [0.3, 0.4) is 0 Å². The van der Waals surface area contributed by atoms with Crippen LogP contribution in [0.25, 0.3) is 0 Å². The van der Waals surface area contributed by atoms with Crippen molar-refractivity contribution in [2.45, 2.75) is 62.2 Å². The standard InChI is InChI=1S/C27H32O16/c1-10(28)13-4-3-12(38-2)7-16(13)42-27-24(36)22(34)20(32)18(43-27)9-40-26-23(35)21(33)17(8-39-26)41-25(37)11-5-14(29)19(31)15(30)6-11/h3-7,17-18,20-24,26-27,29-36H,8-9H2,1-2H3/t17-,18-,20-,21+,22+,23+,24-,26+,27-/m1/s1. The van der Waals surface area contributed by atoms with Crippen molar-refractivity contribution in [3.63, 3.8) is 0 Å². The van der Waals surface area contributed by atoms with Crippen molar-refractivity contribution in [2.75, 3.05) is 20.3 Å². The number of methoxy groups -OCH3 is 1. The van der Waals surface area contributed by atoms with E-state index in [1.165, 1.54) is 32.2 Å². The molecule has 16 heteroatoms. The second-order valence-electron chi connectivity index (χ2n) is 9.87. The third-order valence-electron chi connectivity index (χ3n) is 6.90. The summed E-state index contributed by atoms with van der Waals surface area (Å²) in [6, 6.07) is 5.98. The third kappa shape index (κ3) is 6.92. The van der Waals surface area contributed by atoms with Crippen LogP contribution in [0.4, 0.5) is 0 Å². The van der Waals surface area contributed by atoms with E-state index in [1.54, 1.807) is 0 Å². The highest BCUT2D eigenvalue weighted by atomic mass is 16.7. The van der Waals surface area contributed by atoms with Gasteiger partial charge in [-0.05, 0) is 31.2 Å². The van der Waals surface area contributed by atoms with Crippen LogP contribution in [-0.2, 0) is 18.9 Å². The maximum atomic E-state index is 12.4. The first-order valence-electron chi connectivity index (χ1n) is 12.9. The Morgan fingerprint density at radius 1 is 0.884 bits per heavy atom. The number of benzene rings is 2. The van der Waals surface area contributed by atoms with Crippen LogP contribution in [0.5, 0.6) is 28.7 Å². The van der Waals surface area contributed by atoms with Crippen molar-refractivity contribution in [1.29, 1.82) is 0 Å². The van der Waals surface area contributed by atoms with E-state index >= 15 is 0 Å². The van der Waals surface area contributed by atoms with Gasteiger partial charge in [0.05, 0.1) is 31.5 Å². The second-order valence-corrected chi connectivity index (χ2v) is 9.87. The summed E-state index contributed by atoms with van der Waals surface area (Å²) >= 11 is 0. The summed E-state index contributed by atoms with van der Waals surface area (Å²) < 4.78 is 32.3. The highest BCUT2D eigenvalue weighted by Crippen LogP contribution is 2.36. The Labute approximate surface area is 243 Å². The van der Waals surface area contributed by atoms with Crippen LogP contribution in [0.1, 0.15) is 27.6 Å². The number of phenolic OH excluding ortho intramolecular Hbond substituents is 3. The van der Waals surface area contributed by atoms with Gasteiger partial charge in [-0.15, -0.1) is 0 Å². The summed E-state index contributed by atoms with van der Waals surface area (Å²) in [4.78, 5) is 24.5. The van der Waals surface area contributed by atoms with Gasteiger partial charge in [-0.1, -0.05) is 0 Å². The first-order chi connectivity index (χ1) is 20.3. The molecule has 2 aliphatic heterocycles. The fourth-order valence-corrected chi connectivity index (χ4v) is 4.43. The van der Waals surface area contributed by atoms with E-state index in [2.05, 4.69) is 0 Å². The summed E-state index contributed by atoms with van der Waals surface area (Å²) in [6.07, 6.45) is -14.6. The lowest BCUT2D eigenvalue weighted by Gasteiger charge is -2.41. The Balaban J connectivity index is 1.38. The van der Waals surface area contributed by atoms with Gasteiger partial charge >= 0.3 is 5.97 Å². The summed E-state index contributed by atoms with van der Waals surface area (Å²) in [7, 11) is 1.39. The largest absolute Gasteiger partial charge is 0.504 e. The maximum absolute atomic E-state index is 12.4. The lowest BCUT2D eigenvalue weighted by molar-refractivity contribution is -0.307. The molecule has 16 nitrogen and oxygen atoms in total. The number of esters is 1. The molecule has 2 fully saturated rings. The number of Topliss-reactive ketones (excluding diaryl/α,β-unsaturated/α-hetero) is 1. The Morgan fingerprint density at radius 2 is 1.53 bits per heavy atom. The summed E-state index contributed by atoms with van der Waals surface area (Å²) in [6.45, 7) is 0.267. The quantitative estimate of drug-likeness (QED) is 0.0913. The topological polar surface area (TPSA) is 251 Å². The Morgan fingerprint density at radius 3 is 2.16 bits per heavy atom. The minimum atomic E-state index is -1.79. The number of carbonyl (C=O) groups excluding carboxylic acids is 2. The van der Waals surface area contributed by atoms with E-state index in [9.17, 15) is 50.4 Å². The van der Waals surface area contributed by atoms with Crippen molar-refractivity contribution in [2.24, 2.45) is 0 Å². The first-order valence-corrected chi connectivity index (χ1v) is 12.9. The highest BCUT2D eigenvalue weighted by molar-refractivity contribution is 5.97. The number of ether oxygens (including phenoxy) is 6. The number of hydrogen-bond donors (Lipinski definition) is 8. The van der Waals surface area contributed by atoms with Gasteiger partial charge < -0.3 is 69.3 Å². The molecule has 0 aromatic heterocycles. The molecule has 2 saturated heterocycles. The molecule has 43 heavy (non-hydrogen) atoms. The van der Waals surface area contributed by atoms with Gasteiger partial charge in [0, 0.05) is 6.07 Å². The smallest absolute Gasteiger partial charge is 0.338 e. The molecule has 9 atom stereocenters. The van der Waals surface area contributed by atoms with Gasteiger partial charge in [-0.3, -0.25) is 4.79 Å². The predicted molar refractivity (Wildman–Crippen MR) is 139 cm³/mol. The van der Waals surface area contributed by atoms with Crippen molar-refractivity contribution in [1.82, 2.24) is 0 Å². The third-order valence-corrected chi connectivity index (χ3v) is 6.90. The minimum absolute atomic E-state index is 0.0216. The molecule has 2 aromatic carbocycles. The Bertz CT molecular complexity index is 1290. The molecule has 0 aliphatic carbocycles. The average Bonchev–Trinajstić information content (AvgIpc) is 2.98. The van der Waals surface area contributed by atoms with Gasteiger partial charge in [0.25, 0.3) is 0 Å². The summed E-state index contributed by atoms with van der Waals surface area (Å²) in [5.41, 5.74) is -0.231. The normalized spacial score (nSPS) is 30.8. The number of carbonyl (C=O) groups is 2. The molecule has 0 saturated carbocycles. The molecule has 2 aliphatic rings. The fraction of sp³-hybridized carbons (Fsp3) is 0.481. The maximum Gasteiger partial charge on any atom is 0.338 e. The zero-order valence-electron chi connectivity index (χ0n) is 22.8. The Kier molecular flexibility index (Phi) is 9.93. The molecule has 0 unspecified atom stereocenters. The average molecular weight is 613 g/mol. The van der Waals surface area contributed by atoms with Gasteiger partial charge in [-0.25, -0.2) is 4.79 Å². The number of phenols is 3. The van der Waals surface area contributed by atoms with Crippen LogP contribution in [-0.4, -0.2) is 128 Å². The molecule has 236 valence electrons. The molecule has 0 radical (unpaired) electrons. The van der Waals surface area contributed by atoms with Crippen molar-refractivity contribution in [3.05, 3.63) is 41.5 Å². The van der Waals surface area contributed by atoms with Crippen LogP contribution in [0.15, 0.2) is 30.3 Å². The van der Waals surface area contributed by atoms with E-state index in [0.717, 1.165) is 12.1 Å². The van der Waals surface area contributed by atoms with E-state index in [-0.39, 0.29) is 22.7 Å². The van der Waals surface area contributed by atoms with Crippen molar-refractivity contribution < 1.29 is 78.9 Å². The monoisotopic (exact) mass is 612 g/mol. The molecule has 2 heterocycles. The number of aliphatic hydroxyl groups excluding tert-OH is 5. The van der Waals surface area contributed by atoms with Crippen molar-refractivity contribution in [3.8, 4) is 28.7 Å². The van der Waals surface area contributed by atoms with Crippen LogP contribution in [0.2, 0.25) is 0 Å². The SMILES string of the molecule is COc1ccc(C(C)=O)c(O[C@@H]2O[C@H](CO[C@@H]3OC[C@@H](OC(=O)c4cc(O)c(O)c(O)c4)[C@H](O)[C@@H]3O)[C@@H](O)[C@H](O)[C@H]2O)c1. The summed E-state index contributed by atoms with van der Waals surface area (Å²) in [5, 5.41) is 81.0. The summed E-state index contributed by atoms with van der Waals surface area (Å²) in [5.74, 6) is -3.61. The molecule has 4 rings (SSSR count). The molecular weight excluding hydrogens is 580 g/mol. The van der Waals surface area contributed by atoms with Crippen LogP contribution < -0.4 is 9.47 Å². The van der Waals surface area contributed by atoms with Crippen molar-refractivity contribution >= 4 is 11.8 Å². The second kappa shape index (κ2) is 13.3. The fourth-order valence-electron chi connectivity index (χ4n) is 4.43. The van der Waals surface area contributed by atoms with Crippen LogP contribution >= 0.6 is 0 Å². The Hall–Kier alpha value is -3.74. The number of rotatable bonds is 9. The van der Waals surface area contributed by atoms with Gasteiger partial charge in [0.2, 0.25) is 6.29 Å². The van der Waals surface area contributed by atoms with E-state index in [1.807, 2.05) is 0 Å². The van der Waals surface area contributed by atoms with Gasteiger partial charge in [0.15, 0.2) is 35.4 Å². The molecule has 2 aromatic rings. The van der Waals surface area contributed by atoms with Gasteiger partial charge in [0.1, 0.15) is 48.1 Å². The molecule has 0 spiro atoms. The number of hydrogen-bond acceptors (Lipinski definition) is 16. The molecule has 0 amide bonds. The van der Waals surface area contributed by atoms with Crippen LogP contribution in [0, 0.1) is 0 Å². The zero-order valence-corrected chi connectivity index (χ0v) is 22.8. The number of aromatic hydroxyl groups is 3. The number of aliphatic hydroxyl groups is 5. The predicted octanol–water partition coefficient (Wildman–Crippen LogP) is -1.48. The highest BCUT2D eigenvalue weighted by Gasteiger charge is 2.47.